The van der Waals surface area contributed by atoms with Crippen LogP contribution in [0.1, 0.15) is 0 Å². The van der Waals surface area contributed by atoms with Crippen molar-refractivity contribution in [1.29, 1.82) is 0 Å². The van der Waals surface area contributed by atoms with Gasteiger partial charge in [-0.3, -0.25) is 0 Å². The summed E-state index contributed by atoms with van der Waals surface area (Å²) in [6.07, 6.45) is 5.04. The number of aromatic nitrogens is 2. The maximum absolute atomic E-state index is 12.2. The van der Waals surface area contributed by atoms with Crippen molar-refractivity contribution in [3.05, 3.63) is 36.9 Å². The molecule has 1 aromatic heterocycles. The summed E-state index contributed by atoms with van der Waals surface area (Å²) in [6, 6.07) is 4.46. The van der Waals surface area contributed by atoms with Crippen LogP contribution in [0.2, 0.25) is 0 Å². The van der Waals surface area contributed by atoms with E-state index in [-0.39, 0.29) is 11.4 Å². The molecular weight excluding hydrogens is 294 g/mol. The van der Waals surface area contributed by atoms with E-state index in [9.17, 15) is 8.42 Å². The van der Waals surface area contributed by atoms with Crippen LogP contribution in [0, 0.1) is 0 Å². The van der Waals surface area contributed by atoms with E-state index in [1.165, 1.54) is 26.4 Å². The summed E-state index contributed by atoms with van der Waals surface area (Å²) in [4.78, 5) is 4.02. The number of imidazole rings is 1. The monoisotopic (exact) mass is 311 g/mol. The summed E-state index contributed by atoms with van der Waals surface area (Å²) in [5.41, 5.74) is 0. The highest BCUT2D eigenvalue weighted by Crippen LogP contribution is 2.29. The maximum atomic E-state index is 12.2. The predicted molar refractivity (Wildman–Crippen MR) is 77.0 cm³/mol. The number of hydrogen-bond acceptors (Lipinski definition) is 5. The van der Waals surface area contributed by atoms with Crippen molar-refractivity contribution in [1.82, 2.24) is 14.3 Å². The van der Waals surface area contributed by atoms with Gasteiger partial charge in [0.05, 0.1) is 25.4 Å². The Morgan fingerprint density at radius 3 is 2.62 bits per heavy atom. The van der Waals surface area contributed by atoms with Gasteiger partial charge in [0.2, 0.25) is 10.0 Å². The molecular formula is C13H17N3O4S. The summed E-state index contributed by atoms with van der Waals surface area (Å²) in [6.45, 7) is 0.777. The normalized spacial score (nSPS) is 11.3. The first-order valence-corrected chi connectivity index (χ1v) is 7.72. The van der Waals surface area contributed by atoms with E-state index in [0.29, 0.717) is 18.0 Å². The highest BCUT2D eigenvalue weighted by atomic mass is 32.2. The summed E-state index contributed by atoms with van der Waals surface area (Å²) in [5, 5.41) is 0. The van der Waals surface area contributed by atoms with Crippen molar-refractivity contribution in [2.24, 2.45) is 0 Å². The number of sulfonamides is 1. The predicted octanol–water partition coefficient (Wildman–Crippen LogP) is 0.879. The van der Waals surface area contributed by atoms with Crippen LogP contribution in [-0.2, 0) is 16.6 Å². The SMILES string of the molecule is COc1ccc(S(=O)(=O)NCCn2ccnc2)cc1OC. The van der Waals surface area contributed by atoms with Crippen molar-refractivity contribution in [3.8, 4) is 11.5 Å². The van der Waals surface area contributed by atoms with Gasteiger partial charge in [-0.05, 0) is 12.1 Å². The Kier molecular flexibility index (Phi) is 4.81. The molecule has 0 bridgehead atoms. The zero-order valence-corrected chi connectivity index (χ0v) is 12.6. The Morgan fingerprint density at radius 2 is 2.00 bits per heavy atom. The van der Waals surface area contributed by atoms with Crippen LogP contribution in [-0.4, -0.2) is 38.7 Å². The van der Waals surface area contributed by atoms with Crippen LogP contribution in [0.3, 0.4) is 0 Å². The van der Waals surface area contributed by atoms with Crippen LogP contribution >= 0.6 is 0 Å². The maximum Gasteiger partial charge on any atom is 0.240 e. The van der Waals surface area contributed by atoms with Gasteiger partial charge < -0.3 is 14.0 Å². The smallest absolute Gasteiger partial charge is 0.240 e. The zero-order chi connectivity index (χ0) is 15.3. The third kappa shape index (κ3) is 3.73. The molecule has 0 saturated heterocycles. The molecule has 0 aliphatic rings. The van der Waals surface area contributed by atoms with E-state index in [1.54, 1.807) is 29.4 Å². The van der Waals surface area contributed by atoms with Crippen LogP contribution in [0.25, 0.3) is 0 Å². The molecule has 0 spiro atoms. The zero-order valence-electron chi connectivity index (χ0n) is 11.8. The minimum atomic E-state index is -3.59. The lowest BCUT2D eigenvalue weighted by Gasteiger charge is -2.11. The van der Waals surface area contributed by atoms with Crippen molar-refractivity contribution < 1.29 is 17.9 Å². The summed E-state index contributed by atoms with van der Waals surface area (Å²) >= 11 is 0. The summed E-state index contributed by atoms with van der Waals surface area (Å²) in [5.74, 6) is 0.852. The molecule has 0 amide bonds. The second kappa shape index (κ2) is 6.59. The van der Waals surface area contributed by atoms with Gasteiger partial charge in [0, 0.05) is 31.5 Å². The molecule has 1 heterocycles. The van der Waals surface area contributed by atoms with Crippen LogP contribution in [0.5, 0.6) is 11.5 Å². The number of rotatable bonds is 7. The molecule has 0 saturated carbocycles. The first-order valence-electron chi connectivity index (χ1n) is 6.24. The first kappa shape index (κ1) is 15.3. The topological polar surface area (TPSA) is 82.5 Å². The molecule has 8 heteroatoms. The number of methoxy groups -OCH3 is 2. The molecule has 1 N–H and O–H groups in total. The van der Waals surface area contributed by atoms with Crippen molar-refractivity contribution in [2.75, 3.05) is 20.8 Å². The standard InChI is InChI=1S/C13H17N3O4S/c1-19-12-4-3-11(9-13(12)20-2)21(17,18)15-6-8-16-7-5-14-10-16/h3-5,7,9-10,15H,6,8H2,1-2H3. The van der Waals surface area contributed by atoms with E-state index in [0.717, 1.165) is 0 Å². The van der Waals surface area contributed by atoms with Crippen LogP contribution < -0.4 is 14.2 Å². The molecule has 114 valence electrons. The molecule has 0 unspecified atom stereocenters. The fourth-order valence-corrected chi connectivity index (χ4v) is 2.83. The molecule has 0 aliphatic carbocycles. The molecule has 0 aliphatic heterocycles. The van der Waals surface area contributed by atoms with E-state index in [2.05, 4.69) is 9.71 Å². The molecule has 0 radical (unpaired) electrons. The quantitative estimate of drug-likeness (QED) is 0.821. The van der Waals surface area contributed by atoms with E-state index < -0.39 is 10.0 Å². The minimum Gasteiger partial charge on any atom is -0.493 e. The molecule has 2 rings (SSSR count). The van der Waals surface area contributed by atoms with Gasteiger partial charge in [0.15, 0.2) is 11.5 Å². The van der Waals surface area contributed by atoms with Gasteiger partial charge in [-0.2, -0.15) is 0 Å². The summed E-state index contributed by atoms with van der Waals surface area (Å²) in [7, 11) is -0.636. The first-order chi connectivity index (χ1) is 10.1. The third-order valence-electron chi connectivity index (χ3n) is 2.89. The highest BCUT2D eigenvalue weighted by Gasteiger charge is 2.16. The van der Waals surface area contributed by atoms with E-state index in [4.69, 9.17) is 9.47 Å². The Hall–Kier alpha value is -2.06. The van der Waals surface area contributed by atoms with Crippen LogP contribution in [0.4, 0.5) is 0 Å². The number of benzene rings is 1. The Morgan fingerprint density at radius 1 is 1.24 bits per heavy atom. The second-order valence-corrected chi connectivity index (χ2v) is 5.98. The molecule has 7 nitrogen and oxygen atoms in total. The Balaban J connectivity index is 2.08. The lowest BCUT2D eigenvalue weighted by molar-refractivity contribution is 0.354. The van der Waals surface area contributed by atoms with E-state index >= 15 is 0 Å². The van der Waals surface area contributed by atoms with Gasteiger partial charge in [-0.25, -0.2) is 18.1 Å². The van der Waals surface area contributed by atoms with Crippen LogP contribution in [0.15, 0.2) is 41.8 Å². The van der Waals surface area contributed by atoms with Gasteiger partial charge in [-0.1, -0.05) is 0 Å². The van der Waals surface area contributed by atoms with Crippen molar-refractivity contribution in [2.45, 2.75) is 11.4 Å². The second-order valence-electron chi connectivity index (χ2n) is 4.22. The average Bonchev–Trinajstić information content (AvgIpc) is 2.99. The minimum absolute atomic E-state index is 0.130. The molecule has 2 aromatic rings. The largest absolute Gasteiger partial charge is 0.493 e. The number of ether oxygens (including phenoxy) is 2. The molecule has 0 fully saturated rings. The van der Waals surface area contributed by atoms with Gasteiger partial charge in [0.1, 0.15) is 0 Å². The third-order valence-corrected chi connectivity index (χ3v) is 4.35. The lowest BCUT2D eigenvalue weighted by Crippen LogP contribution is -2.27. The van der Waals surface area contributed by atoms with Gasteiger partial charge in [-0.15, -0.1) is 0 Å². The number of nitrogens with one attached hydrogen (secondary N) is 1. The fraction of sp³-hybridized carbons (Fsp3) is 0.308. The van der Waals surface area contributed by atoms with Crippen molar-refractivity contribution in [3.63, 3.8) is 0 Å². The molecule has 21 heavy (non-hydrogen) atoms. The highest BCUT2D eigenvalue weighted by molar-refractivity contribution is 7.89. The van der Waals surface area contributed by atoms with E-state index in [1.807, 2.05) is 0 Å². The lowest BCUT2D eigenvalue weighted by atomic mass is 10.3. The Labute approximate surface area is 123 Å². The molecule has 1 aromatic carbocycles. The van der Waals surface area contributed by atoms with Gasteiger partial charge in [0.25, 0.3) is 0 Å². The molecule has 0 atom stereocenters. The number of nitrogens with zero attached hydrogens (tertiary/aromatic N) is 2. The summed E-state index contributed by atoms with van der Waals surface area (Å²) < 4.78 is 38.9. The van der Waals surface area contributed by atoms with Gasteiger partial charge >= 0.3 is 0 Å². The fourth-order valence-electron chi connectivity index (χ4n) is 1.80. The van der Waals surface area contributed by atoms with Crippen molar-refractivity contribution >= 4 is 10.0 Å². The average molecular weight is 311 g/mol. The Bertz CT molecular complexity index is 683. The number of hydrogen-bond donors (Lipinski definition) is 1.